The van der Waals surface area contributed by atoms with Crippen molar-refractivity contribution in [3.05, 3.63) is 29.8 Å². The molecule has 1 aromatic rings. The van der Waals surface area contributed by atoms with E-state index in [4.69, 9.17) is 6.42 Å². The molecule has 0 unspecified atom stereocenters. The minimum absolute atomic E-state index is 0.895. The van der Waals surface area contributed by atoms with Crippen molar-refractivity contribution in [1.29, 1.82) is 0 Å². The molecule has 0 spiro atoms. The summed E-state index contributed by atoms with van der Waals surface area (Å²) in [5.41, 5.74) is 1.37. The second-order valence-electron chi connectivity index (χ2n) is 5.78. The van der Waals surface area contributed by atoms with Gasteiger partial charge >= 0.3 is 0 Å². The molecule has 18 heavy (non-hydrogen) atoms. The highest BCUT2D eigenvalue weighted by atomic mass is 28.3. The lowest BCUT2D eigenvalue weighted by Crippen LogP contribution is -2.37. The van der Waals surface area contributed by atoms with Gasteiger partial charge in [-0.2, -0.15) is 0 Å². The van der Waals surface area contributed by atoms with Crippen LogP contribution in [0.15, 0.2) is 24.3 Å². The molecule has 0 aliphatic carbocycles. The van der Waals surface area contributed by atoms with Gasteiger partial charge in [-0.1, -0.05) is 49.1 Å². The maximum absolute atomic E-state index is 5.22. The molecule has 0 fully saturated rings. The van der Waals surface area contributed by atoms with Gasteiger partial charge in [0, 0.05) is 13.0 Å². The third-order valence-electron chi connectivity index (χ3n) is 3.07. The lowest BCUT2D eigenvalue weighted by atomic mass is 10.2. The molecule has 0 aliphatic heterocycles. The van der Waals surface area contributed by atoms with Crippen LogP contribution in [0.2, 0.25) is 19.6 Å². The van der Waals surface area contributed by atoms with Crippen molar-refractivity contribution in [2.24, 2.45) is 0 Å². The van der Waals surface area contributed by atoms with Gasteiger partial charge in [0.1, 0.15) is 0 Å². The van der Waals surface area contributed by atoms with Crippen molar-refractivity contribution in [3.8, 4) is 12.3 Å². The van der Waals surface area contributed by atoms with Crippen LogP contribution in [0.3, 0.4) is 0 Å². The van der Waals surface area contributed by atoms with E-state index < -0.39 is 8.07 Å². The first kappa shape index (κ1) is 15.0. The number of hydrogen-bond donors (Lipinski definition) is 1. The van der Waals surface area contributed by atoms with Crippen LogP contribution in [-0.4, -0.2) is 14.6 Å². The Labute approximate surface area is 113 Å². The van der Waals surface area contributed by atoms with Crippen molar-refractivity contribution in [3.63, 3.8) is 0 Å². The van der Waals surface area contributed by atoms with Crippen molar-refractivity contribution in [2.45, 2.75) is 45.4 Å². The third-order valence-corrected chi connectivity index (χ3v) is 5.14. The smallest absolute Gasteiger partial charge is 0.0775 e. The number of hydrogen-bond acceptors (Lipinski definition) is 1. The molecule has 0 radical (unpaired) electrons. The Morgan fingerprint density at radius 1 is 1.11 bits per heavy atom. The number of terminal acetylenes is 1. The molecule has 1 N–H and O–H groups in total. The summed E-state index contributed by atoms with van der Waals surface area (Å²) in [6, 6.07) is 9.09. The molecular weight excluding hydrogens is 234 g/mol. The summed E-state index contributed by atoms with van der Waals surface area (Å²) >= 11 is 0. The van der Waals surface area contributed by atoms with Gasteiger partial charge < -0.3 is 5.32 Å². The quantitative estimate of drug-likeness (QED) is 0.451. The monoisotopic (exact) mass is 259 g/mol. The molecular formula is C16H25NSi. The van der Waals surface area contributed by atoms with E-state index in [1.54, 1.807) is 0 Å². The van der Waals surface area contributed by atoms with Crippen LogP contribution in [0.25, 0.3) is 0 Å². The summed E-state index contributed by atoms with van der Waals surface area (Å²) in [4.78, 5) is 0. The molecule has 0 amide bonds. The minimum atomic E-state index is -1.15. The average Bonchev–Trinajstić information content (AvgIpc) is 2.33. The third kappa shape index (κ3) is 5.53. The number of nitrogens with one attached hydrogen (secondary N) is 1. The average molecular weight is 259 g/mol. The molecule has 0 heterocycles. The Bertz CT molecular complexity index is 381. The van der Waals surface area contributed by atoms with Crippen LogP contribution >= 0.6 is 0 Å². The van der Waals surface area contributed by atoms with E-state index in [9.17, 15) is 0 Å². The van der Waals surface area contributed by atoms with Crippen LogP contribution in [0, 0.1) is 12.3 Å². The van der Waals surface area contributed by atoms with Crippen molar-refractivity contribution >= 4 is 13.3 Å². The fourth-order valence-corrected chi connectivity index (χ4v) is 3.00. The molecule has 0 aliphatic rings. The van der Waals surface area contributed by atoms with Gasteiger partial charge in [-0.3, -0.25) is 0 Å². The first-order chi connectivity index (χ1) is 8.54. The summed E-state index contributed by atoms with van der Waals surface area (Å²) in [5.74, 6) is 2.67. The summed E-state index contributed by atoms with van der Waals surface area (Å²) in [6.07, 6.45) is 8.40. The van der Waals surface area contributed by atoms with Gasteiger partial charge in [-0.15, -0.1) is 12.3 Å². The highest BCUT2D eigenvalue weighted by Gasteiger charge is 2.15. The van der Waals surface area contributed by atoms with Gasteiger partial charge in [0.15, 0.2) is 0 Å². The zero-order valence-corrected chi connectivity index (χ0v) is 12.9. The molecule has 0 saturated carbocycles. The van der Waals surface area contributed by atoms with E-state index in [-0.39, 0.29) is 0 Å². The molecule has 0 bridgehead atoms. The van der Waals surface area contributed by atoms with Crippen molar-refractivity contribution in [1.82, 2.24) is 5.32 Å². The van der Waals surface area contributed by atoms with Crippen molar-refractivity contribution < 1.29 is 0 Å². The highest BCUT2D eigenvalue weighted by Crippen LogP contribution is 2.04. The zero-order valence-electron chi connectivity index (χ0n) is 11.9. The summed E-state index contributed by atoms with van der Waals surface area (Å²) in [5, 5.41) is 4.99. The van der Waals surface area contributed by atoms with E-state index in [0.29, 0.717) is 0 Å². The zero-order chi connectivity index (χ0) is 13.4. The van der Waals surface area contributed by atoms with Crippen LogP contribution in [0.4, 0.5) is 0 Å². The standard InChI is InChI=1S/C16H25NSi/c1-5-6-7-8-13-17-14-15-9-11-16(12-10-15)18(2,3)4/h1,9-12,17H,6-8,13-14H2,2-4H3. The summed E-state index contributed by atoms with van der Waals surface area (Å²) in [6.45, 7) is 9.16. The van der Waals surface area contributed by atoms with Gasteiger partial charge in [0.05, 0.1) is 8.07 Å². The maximum Gasteiger partial charge on any atom is 0.0775 e. The largest absolute Gasteiger partial charge is 0.313 e. The molecule has 0 aromatic heterocycles. The molecule has 1 rings (SSSR count). The topological polar surface area (TPSA) is 12.0 Å². The second-order valence-corrected chi connectivity index (χ2v) is 10.9. The van der Waals surface area contributed by atoms with Gasteiger partial charge in [-0.05, 0) is 24.9 Å². The lowest BCUT2D eigenvalue weighted by Gasteiger charge is -2.16. The number of unbranched alkanes of at least 4 members (excludes halogenated alkanes) is 2. The molecule has 98 valence electrons. The Morgan fingerprint density at radius 3 is 2.33 bits per heavy atom. The van der Waals surface area contributed by atoms with E-state index in [1.165, 1.54) is 10.8 Å². The van der Waals surface area contributed by atoms with Crippen LogP contribution in [-0.2, 0) is 6.54 Å². The fourth-order valence-electron chi connectivity index (χ4n) is 1.83. The molecule has 0 saturated heterocycles. The number of benzene rings is 1. The first-order valence-corrected chi connectivity index (χ1v) is 10.3. The predicted octanol–water partition coefficient (Wildman–Crippen LogP) is 3.12. The summed E-state index contributed by atoms with van der Waals surface area (Å²) in [7, 11) is -1.15. The minimum Gasteiger partial charge on any atom is -0.313 e. The molecule has 1 aromatic carbocycles. The van der Waals surface area contributed by atoms with Gasteiger partial charge in [0.2, 0.25) is 0 Å². The molecule has 0 atom stereocenters. The Hall–Kier alpha value is -1.04. The normalized spacial score (nSPS) is 11.2. The second kappa shape index (κ2) is 7.40. The first-order valence-electron chi connectivity index (χ1n) is 6.77. The van der Waals surface area contributed by atoms with Crippen LogP contribution < -0.4 is 10.5 Å². The van der Waals surface area contributed by atoms with Crippen LogP contribution in [0.5, 0.6) is 0 Å². The van der Waals surface area contributed by atoms with E-state index in [1.807, 2.05) is 0 Å². The number of rotatable bonds is 7. The van der Waals surface area contributed by atoms with Gasteiger partial charge in [0.25, 0.3) is 0 Å². The van der Waals surface area contributed by atoms with E-state index >= 15 is 0 Å². The van der Waals surface area contributed by atoms with Crippen LogP contribution in [0.1, 0.15) is 24.8 Å². The highest BCUT2D eigenvalue weighted by molar-refractivity contribution is 6.88. The predicted molar refractivity (Wildman–Crippen MR) is 83.8 cm³/mol. The fraction of sp³-hybridized carbons (Fsp3) is 0.500. The van der Waals surface area contributed by atoms with Gasteiger partial charge in [-0.25, -0.2) is 0 Å². The molecule has 2 heteroatoms. The van der Waals surface area contributed by atoms with E-state index in [0.717, 1.165) is 32.4 Å². The summed E-state index contributed by atoms with van der Waals surface area (Å²) < 4.78 is 0. The van der Waals surface area contributed by atoms with Crippen molar-refractivity contribution in [2.75, 3.05) is 6.54 Å². The lowest BCUT2D eigenvalue weighted by molar-refractivity contribution is 0.630. The molecule has 1 nitrogen and oxygen atoms in total. The Kier molecular flexibility index (Phi) is 6.18. The SMILES string of the molecule is C#CCCCCNCc1ccc([Si](C)(C)C)cc1. The Balaban J connectivity index is 2.30. The van der Waals surface area contributed by atoms with E-state index in [2.05, 4.69) is 55.1 Å². The maximum atomic E-state index is 5.22. The Morgan fingerprint density at radius 2 is 1.78 bits per heavy atom.